The molecule has 1 amide bonds. The Balaban J connectivity index is 1.52. The molecule has 0 bridgehead atoms. The van der Waals surface area contributed by atoms with Gasteiger partial charge in [-0.15, -0.1) is 0 Å². The highest BCUT2D eigenvalue weighted by Gasteiger charge is 2.08. The van der Waals surface area contributed by atoms with E-state index in [4.69, 9.17) is 5.26 Å². The molecule has 0 radical (unpaired) electrons. The summed E-state index contributed by atoms with van der Waals surface area (Å²) >= 11 is 0. The predicted octanol–water partition coefficient (Wildman–Crippen LogP) is 3.65. The van der Waals surface area contributed by atoms with Gasteiger partial charge in [0.15, 0.2) is 0 Å². The normalized spacial score (nSPS) is 10.5. The van der Waals surface area contributed by atoms with Gasteiger partial charge in [0, 0.05) is 11.3 Å². The number of carbonyl (C=O) groups is 1. The van der Waals surface area contributed by atoms with Crippen LogP contribution in [0.2, 0.25) is 0 Å². The summed E-state index contributed by atoms with van der Waals surface area (Å²) in [6, 6.07) is 21.8. The van der Waals surface area contributed by atoms with Crippen molar-refractivity contribution < 1.29 is 4.79 Å². The van der Waals surface area contributed by atoms with Crippen molar-refractivity contribution in [3.8, 4) is 17.2 Å². The molecular formula is C21H14N4O2. The van der Waals surface area contributed by atoms with Crippen LogP contribution in [0, 0.1) is 11.3 Å². The first-order chi connectivity index (χ1) is 13.1. The Kier molecular flexibility index (Phi) is 4.03. The number of anilines is 1. The van der Waals surface area contributed by atoms with Crippen LogP contribution in [-0.2, 0) is 0 Å². The maximum atomic E-state index is 12.5. The maximum Gasteiger partial charge on any atom is 0.323 e. The van der Waals surface area contributed by atoms with E-state index in [9.17, 15) is 9.59 Å². The second-order valence-electron chi connectivity index (χ2n) is 6.06. The van der Waals surface area contributed by atoms with Gasteiger partial charge in [0.2, 0.25) is 0 Å². The summed E-state index contributed by atoms with van der Waals surface area (Å²) < 4.78 is 0. The minimum atomic E-state index is -0.285. The van der Waals surface area contributed by atoms with Gasteiger partial charge in [0.05, 0.1) is 22.7 Å². The number of hydrogen-bond donors (Lipinski definition) is 3. The largest absolute Gasteiger partial charge is 0.323 e. The molecule has 27 heavy (non-hydrogen) atoms. The topological polar surface area (TPSA) is 102 Å². The highest BCUT2D eigenvalue weighted by Crippen LogP contribution is 2.21. The van der Waals surface area contributed by atoms with Crippen molar-refractivity contribution in [1.29, 1.82) is 5.26 Å². The number of nitrogens with zero attached hydrogens (tertiary/aromatic N) is 1. The first-order valence-electron chi connectivity index (χ1n) is 8.26. The highest BCUT2D eigenvalue weighted by atomic mass is 16.2. The van der Waals surface area contributed by atoms with Gasteiger partial charge in [-0.25, -0.2) is 4.79 Å². The van der Waals surface area contributed by atoms with Crippen molar-refractivity contribution in [3.63, 3.8) is 0 Å². The molecule has 130 valence electrons. The third kappa shape index (κ3) is 3.34. The summed E-state index contributed by atoms with van der Waals surface area (Å²) in [5.41, 5.74) is 4.69. The molecule has 0 unspecified atom stereocenters. The summed E-state index contributed by atoms with van der Waals surface area (Å²) in [7, 11) is 0. The van der Waals surface area contributed by atoms with Crippen LogP contribution in [0.5, 0.6) is 0 Å². The number of benzene rings is 3. The molecule has 3 aromatic carbocycles. The number of imidazole rings is 1. The molecule has 1 aromatic heterocycles. The van der Waals surface area contributed by atoms with Gasteiger partial charge in [-0.05, 0) is 53.6 Å². The average molecular weight is 354 g/mol. The lowest BCUT2D eigenvalue weighted by Crippen LogP contribution is -2.11. The van der Waals surface area contributed by atoms with Crippen molar-refractivity contribution in [2.24, 2.45) is 0 Å². The fourth-order valence-electron chi connectivity index (χ4n) is 2.86. The van der Waals surface area contributed by atoms with Crippen LogP contribution in [0.1, 0.15) is 15.9 Å². The molecule has 0 saturated heterocycles. The maximum absolute atomic E-state index is 12.5. The van der Waals surface area contributed by atoms with Crippen LogP contribution >= 0.6 is 0 Å². The molecular weight excluding hydrogens is 340 g/mol. The molecule has 0 aliphatic carbocycles. The third-order valence-electron chi connectivity index (χ3n) is 4.27. The fraction of sp³-hybridized carbons (Fsp3) is 0. The van der Waals surface area contributed by atoms with E-state index in [1.807, 2.05) is 24.3 Å². The van der Waals surface area contributed by atoms with Gasteiger partial charge >= 0.3 is 5.69 Å². The average Bonchev–Trinajstić information content (AvgIpc) is 3.07. The zero-order valence-electron chi connectivity index (χ0n) is 14.1. The van der Waals surface area contributed by atoms with E-state index < -0.39 is 0 Å². The van der Waals surface area contributed by atoms with E-state index in [0.717, 1.165) is 11.1 Å². The molecule has 0 saturated carbocycles. The number of carbonyl (C=O) groups excluding carboxylic acids is 1. The van der Waals surface area contributed by atoms with E-state index >= 15 is 0 Å². The van der Waals surface area contributed by atoms with Crippen LogP contribution < -0.4 is 11.0 Å². The van der Waals surface area contributed by atoms with E-state index in [-0.39, 0.29) is 11.6 Å². The van der Waals surface area contributed by atoms with Crippen molar-refractivity contribution in [2.75, 3.05) is 5.32 Å². The van der Waals surface area contributed by atoms with Crippen LogP contribution in [0.25, 0.3) is 22.2 Å². The smallest absolute Gasteiger partial charge is 0.322 e. The van der Waals surface area contributed by atoms with Crippen LogP contribution in [0.15, 0.2) is 71.5 Å². The second-order valence-corrected chi connectivity index (χ2v) is 6.06. The molecule has 6 heteroatoms. The number of aromatic amines is 2. The summed E-state index contributed by atoms with van der Waals surface area (Å²) in [6.45, 7) is 0. The Morgan fingerprint density at radius 1 is 0.852 bits per heavy atom. The lowest BCUT2D eigenvalue weighted by atomic mass is 10.0. The molecule has 1 heterocycles. The van der Waals surface area contributed by atoms with Gasteiger partial charge in [-0.3, -0.25) is 4.79 Å². The minimum absolute atomic E-state index is 0.237. The number of nitrogens with one attached hydrogen (secondary N) is 3. The fourth-order valence-corrected chi connectivity index (χ4v) is 2.86. The molecule has 4 aromatic rings. The van der Waals surface area contributed by atoms with Crippen molar-refractivity contribution in [1.82, 2.24) is 9.97 Å². The minimum Gasteiger partial charge on any atom is -0.322 e. The second kappa shape index (κ2) is 6.65. The molecule has 0 aliphatic rings. The number of amides is 1. The zero-order valence-corrected chi connectivity index (χ0v) is 14.1. The molecule has 3 N–H and O–H groups in total. The summed E-state index contributed by atoms with van der Waals surface area (Å²) in [6.07, 6.45) is 0. The number of H-pyrrole nitrogens is 2. The zero-order chi connectivity index (χ0) is 18.8. The Morgan fingerprint density at radius 3 is 2.15 bits per heavy atom. The lowest BCUT2D eigenvalue weighted by Gasteiger charge is -2.07. The number of rotatable bonds is 3. The Morgan fingerprint density at radius 2 is 1.48 bits per heavy atom. The van der Waals surface area contributed by atoms with Gasteiger partial charge in [0.25, 0.3) is 5.91 Å². The van der Waals surface area contributed by atoms with Gasteiger partial charge in [0.1, 0.15) is 0 Å². The Bertz CT molecular complexity index is 1230. The molecule has 4 rings (SSSR count). The number of fused-ring (bicyclic) bond motifs is 1. The van der Waals surface area contributed by atoms with Gasteiger partial charge in [-0.2, -0.15) is 5.26 Å². The van der Waals surface area contributed by atoms with Crippen molar-refractivity contribution >= 4 is 22.6 Å². The summed E-state index contributed by atoms with van der Waals surface area (Å²) in [5, 5.41) is 11.7. The SMILES string of the molecule is N#Cc1ccc(-c2ccc(C(=O)Nc3ccc4[nH]c(=O)[nH]c4c3)cc2)cc1. The molecule has 0 aliphatic heterocycles. The van der Waals surface area contributed by atoms with E-state index in [0.29, 0.717) is 27.8 Å². The van der Waals surface area contributed by atoms with E-state index in [1.165, 1.54) is 0 Å². The van der Waals surface area contributed by atoms with E-state index in [2.05, 4.69) is 21.4 Å². The van der Waals surface area contributed by atoms with Crippen molar-refractivity contribution in [2.45, 2.75) is 0 Å². The molecule has 0 atom stereocenters. The summed E-state index contributed by atoms with van der Waals surface area (Å²) in [5.74, 6) is -0.237. The van der Waals surface area contributed by atoms with E-state index in [1.54, 1.807) is 42.5 Å². The van der Waals surface area contributed by atoms with Crippen LogP contribution in [0.4, 0.5) is 5.69 Å². The third-order valence-corrected chi connectivity index (χ3v) is 4.27. The number of aromatic nitrogens is 2. The highest BCUT2D eigenvalue weighted by molar-refractivity contribution is 6.05. The standard InChI is InChI=1S/C21H14N4O2/c22-12-13-1-3-14(4-2-13)15-5-7-16(8-6-15)20(26)23-17-9-10-18-19(11-17)25-21(27)24-18/h1-11H,(H,23,26)(H2,24,25,27). The number of hydrogen-bond acceptors (Lipinski definition) is 3. The first kappa shape index (κ1) is 16.4. The van der Waals surface area contributed by atoms with Crippen LogP contribution in [0.3, 0.4) is 0 Å². The molecule has 6 nitrogen and oxygen atoms in total. The Hall–Kier alpha value is -4.11. The lowest BCUT2D eigenvalue weighted by molar-refractivity contribution is 0.102. The summed E-state index contributed by atoms with van der Waals surface area (Å²) in [4.78, 5) is 29.1. The quantitative estimate of drug-likeness (QED) is 0.523. The van der Waals surface area contributed by atoms with Crippen molar-refractivity contribution in [3.05, 3.63) is 88.3 Å². The number of nitriles is 1. The van der Waals surface area contributed by atoms with Crippen LogP contribution in [-0.4, -0.2) is 15.9 Å². The Labute approximate surface area is 154 Å². The molecule has 0 spiro atoms. The first-order valence-corrected chi connectivity index (χ1v) is 8.26. The van der Waals surface area contributed by atoms with Gasteiger partial charge < -0.3 is 15.3 Å². The van der Waals surface area contributed by atoms with Gasteiger partial charge in [-0.1, -0.05) is 24.3 Å². The molecule has 0 fully saturated rings. The predicted molar refractivity (Wildman–Crippen MR) is 103 cm³/mol. The monoisotopic (exact) mass is 354 g/mol.